The number of hydrogen-bond donors (Lipinski definition) is 2. The Bertz CT molecular complexity index is 1430. The molecule has 0 spiro atoms. The molecule has 1 aliphatic carbocycles. The lowest BCUT2D eigenvalue weighted by molar-refractivity contribution is -0.132. The fourth-order valence-electron chi connectivity index (χ4n) is 5.68. The number of alkyl halides is 2. The average molecular weight is 559 g/mol. The number of pyridine rings is 2. The molecule has 2 amide bonds. The Morgan fingerprint density at radius 3 is 2.67 bits per heavy atom. The molecule has 2 aliphatic rings. The lowest BCUT2D eigenvalue weighted by Crippen LogP contribution is -2.45. The second kappa shape index (κ2) is 10.6. The summed E-state index contributed by atoms with van der Waals surface area (Å²) in [5, 5.41) is 14.6. The van der Waals surface area contributed by atoms with E-state index in [9.17, 15) is 27.9 Å². The molecule has 1 aliphatic heterocycles. The number of anilines is 1. The molecule has 1 unspecified atom stereocenters. The molecule has 1 aromatic carbocycles. The van der Waals surface area contributed by atoms with Gasteiger partial charge in [0.1, 0.15) is 11.5 Å². The molecule has 3 heterocycles. The van der Waals surface area contributed by atoms with E-state index in [1.807, 2.05) is 0 Å². The van der Waals surface area contributed by atoms with Crippen LogP contribution in [-0.2, 0) is 10.4 Å². The summed E-state index contributed by atoms with van der Waals surface area (Å²) in [6, 6.07) is 7.54. The molecule has 1 atom stereocenters. The van der Waals surface area contributed by atoms with Crippen molar-refractivity contribution in [3.8, 4) is 0 Å². The highest BCUT2D eigenvalue weighted by Gasteiger charge is 2.53. The number of hydrogen-bond acceptors (Lipinski definition) is 5. The zero-order valence-electron chi connectivity index (χ0n) is 21.0. The van der Waals surface area contributed by atoms with Gasteiger partial charge in [-0.15, -0.1) is 0 Å². The summed E-state index contributed by atoms with van der Waals surface area (Å²) < 4.78 is 41.4. The number of nitrogens with one attached hydrogen (secondary N) is 1. The normalized spacial score (nSPS) is 22.7. The topological polar surface area (TPSA) is 95.4 Å². The molecule has 39 heavy (non-hydrogen) atoms. The number of aromatic nitrogens is 2. The number of aryl methyl sites for hydroxylation is 1. The van der Waals surface area contributed by atoms with Crippen LogP contribution >= 0.6 is 11.6 Å². The van der Waals surface area contributed by atoms with Gasteiger partial charge in [-0.1, -0.05) is 23.7 Å². The molecule has 0 saturated heterocycles. The first-order chi connectivity index (χ1) is 18.6. The van der Waals surface area contributed by atoms with Gasteiger partial charge in [-0.3, -0.25) is 19.6 Å². The van der Waals surface area contributed by atoms with Gasteiger partial charge < -0.3 is 15.3 Å². The Balaban J connectivity index is 1.30. The summed E-state index contributed by atoms with van der Waals surface area (Å²) in [5.41, 5.74) is -1.65. The quantitative estimate of drug-likeness (QED) is 0.440. The number of halogens is 4. The van der Waals surface area contributed by atoms with Crippen molar-refractivity contribution in [2.75, 3.05) is 11.4 Å². The van der Waals surface area contributed by atoms with Crippen LogP contribution in [0.15, 0.2) is 48.9 Å². The van der Waals surface area contributed by atoms with Crippen LogP contribution in [0.25, 0.3) is 0 Å². The lowest BCUT2D eigenvalue weighted by atomic mass is 9.85. The van der Waals surface area contributed by atoms with Crippen LogP contribution in [0.1, 0.15) is 64.9 Å². The minimum atomic E-state index is -2.91. The predicted octanol–water partition coefficient (Wildman–Crippen LogP) is 5.09. The molecule has 1 fully saturated rings. The maximum atomic E-state index is 14.8. The van der Waals surface area contributed by atoms with Crippen molar-refractivity contribution >= 4 is 29.1 Å². The smallest absolute Gasteiger partial charge is 0.281 e. The third kappa shape index (κ3) is 4.87. The first kappa shape index (κ1) is 27.1. The molecule has 204 valence electrons. The monoisotopic (exact) mass is 558 g/mol. The molecular formula is C28H26ClF3N4O3. The van der Waals surface area contributed by atoms with Crippen LogP contribution in [0.2, 0.25) is 5.02 Å². The number of carbonyl (C=O) groups is 2. The molecule has 0 radical (unpaired) electrons. The van der Waals surface area contributed by atoms with E-state index < -0.39 is 35.4 Å². The van der Waals surface area contributed by atoms with Crippen LogP contribution in [0, 0.1) is 18.7 Å². The number of rotatable bonds is 6. The van der Waals surface area contributed by atoms with Gasteiger partial charge in [-0.25, -0.2) is 13.2 Å². The van der Waals surface area contributed by atoms with Crippen molar-refractivity contribution in [3.63, 3.8) is 0 Å². The van der Waals surface area contributed by atoms with Crippen molar-refractivity contribution in [3.05, 3.63) is 87.7 Å². The maximum absolute atomic E-state index is 14.8. The van der Waals surface area contributed by atoms with Crippen molar-refractivity contribution in [2.24, 2.45) is 5.92 Å². The molecule has 5 rings (SSSR count). The number of fused-ring (bicyclic) bond motifs is 1. The largest absolute Gasteiger partial charge is 0.372 e. The van der Waals surface area contributed by atoms with Crippen LogP contribution < -0.4 is 10.2 Å². The summed E-state index contributed by atoms with van der Waals surface area (Å²) in [6.07, 6.45) is 2.91. The van der Waals surface area contributed by atoms with E-state index in [1.165, 1.54) is 23.2 Å². The van der Waals surface area contributed by atoms with Crippen LogP contribution in [0.4, 0.5) is 18.9 Å². The average Bonchev–Trinajstić information content (AvgIpc) is 3.13. The molecule has 0 bridgehead atoms. The number of aliphatic hydroxyl groups is 1. The highest BCUT2D eigenvalue weighted by molar-refractivity contribution is 6.30. The van der Waals surface area contributed by atoms with Crippen LogP contribution in [0.5, 0.6) is 0 Å². The van der Waals surface area contributed by atoms with Gasteiger partial charge in [0.2, 0.25) is 0 Å². The third-order valence-electron chi connectivity index (χ3n) is 7.58. The van der Waals surface area contributed by atoms with Crippen molar-refractivity contribution in [1.29, 1.82) is 0 Å². The minimum Gasteiger partial charge on any atom is -0.372 e. The van der Waals surface area contributed by atoms with Gasteiger partial charge in [0.05, 0.1) is 22.5 Å². The Kier molecular flexibility index (Phi) is 7.35. The zero-order valence-corrected chi connectivity index (χ0v) is 21.8. The van der Waals surface area contributed by atoms with Gasteiger partial charge in [-0.2, -0.15) is 0 Å². The summed E-state index contributed by atoms with van der Waals surface area (Å²) in [4.78, 5) is 35.3. The van der Waals surface area contributed by atoms with E-state index in [-0.39, 0.29) is 28.1 Å². The summed E-state index contributed by atoms with van der Waals surface area (Å²) in [7, 11) is 0. The van der Waals surface area contributed by atoms with Crippen molar-refractivity contribution < 1.29 is 27.9 Å². The second-order valence-corrected chi connectivity index (χ2v) is 10.5. The van der Waals surface area contributed by atoms with Gasteiger partial charge in [0.25, 0.3) is 18.2 Å². The van der Waals surface area contributed by atoms with Crippen molar-refractivity contribution in [2.45, 2.75) is 50.7 Å². The molecule has 11 heteroatoms. The molecular weight excluding hydrogens is 533 g/mol. The molecule has 2 N–H and O–H groups in total. The van der Waals surface area contributed by atoms with E-state index in [2.05, 4.69) is 15.3 Å². The number of benzene rings is 1. The molecule has 2 aromatic heterocycles. The maximum Gasteiger partial charge on any atom is 0.281 e. The van der Waals surface area contributed by atoms with E-state index in [0.29, 0.717) is 49.0 Å². The standard InChI is InChI=1S/C28H26ClF3N4O3/c1-15-3-2-4-22-23(15)28(39,20-9-10-33-13-21(20)30)27(38)36(22)14-16-5-7-18(8-6-16)35-26(37)19-11-17(29)12-34-24(19)25(31)32/h2-4,9-13,16,18,25,39H,5-8,14H2,1H3,(H,35,37). The van der Waals surface area contributed by atoms with Gasteiger partial charge in [0.15, 0.2) is 5.60 Å². The fourth-order valence-corrected chi connectivity index (χ4v) is 5.83. The van der Waals surface area contributed by atoms with Crippen molar-refractivity contribution in [1.82, 2.24) is 15.3 Å². The van der Waals surface area contributed by atoms with E-state index in [4.69, 9.17) is 11.6 Å². The lowest BCUT2D eigenvalue weighted by Gasteiger charge is -2.32. The van der Waals surface area contributed by atoms with Crippen LogP contribution in [-0.4, -0.2) is 39.5 Å². The summed E-state index contributed by atoms with van der Waals surface area (Å²) in [6.45, 7) is 2.07. The number of carbonyl (C=O) groups excluding carboxylic acids is 2. The predicted molar refractivity (Wildman–Crippen MR) is 138 cm³/mol. The summed E-state index contributed by atoms with van der Waals surface area (Å²) in [5.74, 6) is -2.01. The SMILES string of the molecule is Cc1cccc2c1C(O)(c1ccncc1F)C(=O)N2CC1CCC(NC(=O)c2cc(Cl)cnc2C(F)F)CC1. The fraction of sp³-hybridized carbons (Fsp3) is 0.357. The Labute approximate surface area is 228 Å². The van der Waals surface area contributed by atoms with Gasteiger partial charge in [-0.05, 0) is 62.3 Å². The second-order valence-electron chi connectivity index (χ2n) is 10.0. The van der Waals surface area contributed by atoms with E-state index >= 15 is 0 Å². The van der Waals surface area contributed by atoms with E-state index in [1.54, 1.807) is 25.1 Å². The summed E-state index contributed by atoms with van der Waals surface area (Å²) >= 11 is 5.87. The number of nitrogens with zero attached hydrogens (tertiary/aromatic N) is 3. The zero-order chi connectivity index (χ0) is 27.9. The number of amides is 2. The Morgan fingerprint density at radius 1 is 1.23 bits per heavy atom. The molecule has 1 saturated carbocycles. The third-order valence-corrected chi connectivity index (χ3v) is 7.79. The Morgan fingerprint density at radius 2 is 1.97 bits per heavy atom. The first-order valence-corrected chi connectivity index (χ1v) is 13.0. The minimum absolute atomic E-state index is 0.0459. The highest BCUT2D eigenvalue weighted by atomic mass is 35.5. The first-order valence-electron chi connectivity index (χ1n) is 12.6. The Hall–Kier alpha value is -3.50. The van der Waals surface area contributed by atoms with Crippen LogP contribution in [0.3, 0.4) is 0 Å². The van der Waals surface area contributed by atoms with Gasteiger partial charge >= 0.3 is 0 Å². The van der Waals surface area contributed by atoms with Gasteiger partial charge in [0, 0.05) is 36.1 Å². The molecule has 3 aromatic rings. The molecule has 7 nitrogen and oxygen atoms in total. The van der Waals surface area contributed by atoms with E-state index in [0.717, 1.165) is 12.4 Å². The highest BCUT2D eigenvalue weighted by Crippen LogP contribution is 2.47.